The molecule has 0 atom stereocenters. The molecule has 0 unspecified atom stereocenters. The zero-order chi connectivity index (χ0) is 27.6. The number of methoxy groups -OCH3 is 5. The Morgan fingerprint density at radius 1 is 0.410 bits per heavy atom. The van der Waals surface area contributed by atoms with Crippen molar-refractivity contribution in [2.24, 2.45) is 0 Å². The molecule has 0 amide bonds. The third-order valence-electron chi connectivity index (χ3n) is 6.60. The zero-order valence-corrected chi connectivity index (χ0v) is 23.3. The summed E-state index contributed by atoms with van der Waals surface area (Å²) in [5.74, 6) is 5.08. The van der Waals surface area contributed by atoms with Crippen LogP contribution in [0.3, 0.4) is 0 Å². The summed E-state index contributed by atoms with van der Waals surface area (Å²) in [6.07, 6.45) is 3.43. The zero-order valence-electron chi connectivity index (χ0n) is 23.3. The van der Waals surface area contributed by atoms with Gasteiger partial charge in [0, 0.05) is 6.07 Å². The van der Waals surface area contributed by atoms with E-state index >= 15 is 0 Å². The van der Waals surface area contributed by atoms with Crippen molar-refractivity contribution in [1.29, 1.82) is 0 Å². The molecule has 6 nitrogen and oxygen atoms in total. The maximum atomic E-state index is 6.29. The number of hydrogen-bond acceptors (Lipinski definition) is 6. The summed E-state index contributed by atoms with van der Waals surface area (Å²) in [5, 5.41) is 0. The maximum absolute atomic E-state index is 6.29. The second-order valence-corrected chi connectivity index (χ2v) is 9.15. The molecule has 0 aliphatic carbocycles. The van der Waals surface area contributed by atoms with Crippen molar-refractivity contribution < 1.29 is 28.4 Å². The molecule has 4 aromatic carbocycles. The molecule has 0 radical (unpaired) electrons. The van der Waals surface area contributed by atoms with Gasteiger partial charge in [0.1, 0.15) is 23.0 Å². The molecule has 0 saturated carbocycles. The fraction of sp³-hybridized carbons (Fsp3) is 0.273. The summed E-state index contributed by atoms with van der Waals surface area (Å²) >= 11 is 0. The summed E-state index contributed by atoms with van der Waals surface area (Å²) in [7, 11) is 8.22. The van der Waals surface area contributed by atoms with Crippen LogP contribution in [0.15, 0.2) is 78.9 Å². The standard InChI is InChI=1S/C33H36O6/c1-34-27-15-13-23(14-16-27)9-11-25-18-29(35-2)22-30(19-25)39-28-8-6-7-24(17-28)10-12-26-20-31(36-3)33(38-5)32(21-26)37-4/h6-8,13-22H,9-12H2,1-5H3. The lowest BCUT2D eigenvalue weighted by molar-refractivity contribution is 0.324. The quantitative estimate of drug-likeness (QED) is 0.185. The first-order valence-corrected chi connectivity index (χ1v) is 12.9. The summed E-state index contributed by atoms with van der Waals surface area (Å²) in [5.41, 5.74) is 4.67. The van der Waals surface area contributed by atoms with Gasteiger partial charge in [0.15, 0.2) is 11.5 Å². The van der Waals surface area contributed by atoms with Crippen molar-refractivity contribution in [2.45, 2.75) is 25.7 Å². The molecule has 39 heavy (non-hydrogen) atoms. The molecule has 6 heteroatoms. The predicted octanol–water partition coefficient (Wildman–Crippen LogP) is 7.09. The lowest BCUT2D eigenvalue weighted by atomic mass is 10.0. The van der Waals surface area contributed by atoms with E-state index in [0.29, 0.717) is 17.2 Å². The van der Waals surface area contributed by atoms with Crippen molar-refractivity contribution in [2.75, 3.05) is 35.5 Å². The molecular formula is C33H36O6. The van der Waals surface area contributed by atoms with Gasteiger partial charge in [-0.2, -0.15) is 0 Å². The van der Waals surface area contributed by atoms with Gasteiger partial charge in [-0.25, -0.2) is 0 Å². The van der Waals surface area contributed by atoms with Crippen molar-refractivity contribution in [3.8, 4) is 40.2 Å². The molecule has 4 aromatic rings. The highest BCUT2D eigenvalue weighted by Crippen LogP contribution is 2.38. The van der Waals surface area contributed by atoms with E-state index in [2.05, 4.69) is 36.4 Å². The highest BCUT2D eigenvalue weighted by molar-refractivity contribution is 5.54. The van der Waals surface area contributed by atoms with Crippen LogP contribution in [0.1, 0.15) is 22.3 Å². The van der Waals surface area contributed by atoms with Crippen LogP contribution in [-0.2, 0) is 25.7 Å². The largest absolute Gasteiger partial charge is 0.497 e. The molecule has 4 rings (SSSR count). The van der Waals surface area contributed by atoms with Crippen molar-refractivity contribution in [3.63, 3.8) is 0 Å². The second-order valence-electron chi connectivity index (χ2n) is 9.15. The Balaban J connectivity index is 1.44. The van der Waals surface area contributed by atoms with E-state index < -0.39 is 0 Å². The lowest BCUT2D eigenvalue weighted by Crippen LogP contribution is -1.98. The number of ether oxygens (including phenoxy) is 6. The van der Waals surface area contributed by atoms with E-state index in [-0.39, 0.29) is 0 Å². The molecule has 0 heterocycles. The number of hydrogen-bond donors (Lipinski definition) is 0. The summed E-state index contributed by atoms with van der Waals surface area (Å²) in [6, 6.07) is 26.4. The van der Waals surface area contributed by atoms with E-state index in [1.165, 1.54) is 11.1 Å². The Morgan fingerprint density at radius 3 is 1.59 bits per heavy atom. The summed E-state index contributed by atoms with van der Waals surface area (Å²) in [4.78, 5) is 0. The molecule has 0 N–H and O–H groups in total. The summed E-state index contributed by atoms with van der Waals surface area (Å²) < 4.78 is 33.5. The Morgan fingerprint density at radius 2 is 0.974 bits per heavy atom. The monoisotopic (exact) mass is 528 g/mol. The van der Waals surface area contributed by atoms with Gasteiger partial charge in [-0.15, -0.1) is 0 Å². The molecular weight excluding hydrogens is 492 g/mol. The van der Waals surface area contributed by atoms with E-state index in [1.54, 1.807) is 35.5 Å². The van der Waals surface area contributed by atoms with Crippen molar-refractivity contribution in [1.82, 2.24) is 0 Å². The SMILES string of the molecule is COc1ccc(CCc2cc(OC)cc(Oc3cccc(CCc4cc(OC)c(OC)c(OC)c4)c3)c2)cc1. The van der Waals surface area contributed by atoms with Crippen LogP contribution in [0.4, 0.5) is 0 Å². The molecule has 0 saturated heterocycles. The Kier molecular flexibility index (Phi) is 9.57. The first-order chi connectivity index (χ1) is 19.0. The molecule has 0 aromatic heterocycles. The molecule has 0 aliphatic rings. The van der Waals surface area contributed by atoms with Gasteiger partial charge in [0.2, 0.25) is 5.75 Å². The molecule has 0 bridgehead atoms. The fourth-order valence-electron chi connectivity index (χ4n) is 4.50. The minimum atomic E-state index is 0.598. The van der Waals surface area contributed by atoms with Gasteiger partial charge in [-0.3, -0.25) is 0 Å². The van der Waals surface area contributed by atoms with Gasteiger partial charge < -0.3 is 28.4 Å². The third kappa shape index (κ3) is 7.38. The normalized spacial score (nSPS) is 10.6. The first-order valence-electron chi connectivity index (χ1n) is 12.9. The van der Waals surface area contributed by atoms with E-state index in [4.69, 9.17) is 28.4 Å². The lowest BCUT2D eigenvalue weighted by Gasteiger charge is -2.14. The van der Waals surface area contributed by atoms with Crippen LogP contribution >= 0.6 is 0 Å². The highest BCUT2D eigenvalue weighted by atomic mass is 16.5. The smallest absolute Gasteiger partial charge is 0.203 e. The van der Waals surface area contributed by atoms with Gasteiger partial charge in [-0.1, -0.05) is 24.3 Å². The van der Waals surface area contributed by atoms with Crippen LogP contribution in [0.2, 0.25) is 0 Å². The maximum Gasteiger partial charge on any atom is 0.203 e. The summed E-state index contributed by atoms with van der Waals surface area (Å²) in [6.45, 7) is 0. The van der Waals surface area contributed by atoms with Gasteiger partial charge in [0.05, 0.1) is 35.5 Å². The van der Waals surface area contributed by atoms with Crippen LogP contribution in [0.25, 0.3) is 0 Å². The first kappa shape index (κ1) is 27.7. The Bertz CT molecular complexity index is 1340. The Hall–Kier alpha value is -4.32. The number of aryl methyl sites for hydroxylation is 4. The Labute approximate surface area is 231 Å². The predicted molar refractivity (Wildman–Crippen MR) is 153 cm³/mol. The topological polar surface area (TPSA) is 55.4 Å². The average molecular weight is 529 g/mol. The van der Waals surface area contributed by atoms with E-state index in [0.717, 1.165) is 59.8 Å². The number of rotatable bonds is 13. The number of benzene rings is 4. The van der Waals surface area contributed by atoms with Crippen molar-refractivity contribution in [3.05, 3.63) is 101 Å². The molecule has 0 spiro atoms. The molecule has 0 aliphatic heterocycles. The highest BCUT2D eigenvalue weighted by Gasteiger charge is 2.13. The van der Waals surface area contributed by atoms with Gasteiger partial charge in [-0.05, 0) is 96.5 Å². The second kappa shape index (κ2) is 13.5. The fourth-order valence-corrected chi connectivity index (χ4v) is 4.50. The molecule has 0 fully saturated rings. The average Bonchev–Trinajstić information content (AvgIpc) is 2.98. The van der Waals surface area contributed by atoms with Crippen LogP contribution in [-0.4, -0.2) is 35.5 Å². The van der Waals surface area contributed by atoms with Crippen LogP contribution in [0, 0.1) is 0 Å². The third-order valence-corrected chi connectivity index (χ3v) is 6.60. The van der Waals surface area contributed by atoms with Crippen molar-refractivity contribution >= 4 is 0 Å². The van der Waals surface area contributed by atoms with Crippen LogP contribution in [0.5, 0.6) is 40.2 Å². The minimum absolute atomic E-state index is 0.598. The minimum Gasteiger partial charge on any atom is -0.497 e. The van der Waals surface area contributed by atoms with E-state index in [9.17, 15) is 0 Å². The molecule has 204 valence electrons. The van der Waals surface area contributed by atoms with Gasteiger partial charge in [0.25, 0.3) is 0 Å². The van der Waals surface area contributed by atoms with Gasteiger partial charge >= 0.3 is 0 Å². The van der Waals surface area contributed by atoms with E-state index in [1.807, 2.05) is 42.5 Å². The van der Waals surface area contributed by atoms with Crippen LogP contribution < -0.4 is 28.4 Å².